The minimum absolute atomic E-state index is 0.277. The molecule has 5 nitrogen and oxygen atoms in total. The summed E-state index contributed by atoms with van der Waals surface area (Å²) in [6.07, 6.45) is 5.21. The maximum absolute atomic E-state index is 11.7. The lowest BCUT2D eigenvalue weighted by Gasteiger charge is -2.10. The largest absolute Gasteiger partial charge is 0.369 e. The van der Waals surface area contributed by atoms with Crippen LogP contribution in [0.25, 0.3) is 22.3 Å². The highest BCUT2D eigenvalue weighted by molar-refractivity contribution is 5.92. The highest BCUT2D eigenvalue weighted by Gasteiger charge is 2.51. The summed E-state index contributed by atoms with van der Waals surface area (Å²) in [5, 5.41) is 1.06. The van der Waals surface area contributed by atoms with Crippen molar-refractivity contribution >= 4 is 16.8 Å². The number of carbonyl (C=O) groups excluding carboxylic acids is 1. The van der Waals surface area contributed by atoms with Gasteiger partial charge in [0, 0.05) is 18.6 Å². The molecule has 0 aromatic carbocycles. The van der Waals surface area contributed by atoms with E-state index in [4.69, 9.17) is 5.73 Å². The molecule has 23 heavy (non-hydrogen) atoms. The summed E-state index contributed by atoms with van der Waals surface area (Å²) in [5.41, 5.74) is 9.95. The number of aromatic nitrogens is 3. The van der Waals surface area contributed by atoms with Gasteiger partial charge >= 0.3 is 0 Å². The smallest absolute Gasteiger partial charge is 0.229 e. The summed E-state index contributed by atoms with van der Waals surface area (Å²) in [4.78, 5) is 20.7. The molecule has 3 heterocycles. The summed E-state index contributed by atoms with van der Waals surface area (Å²) in [7, 11) is 2.01. The average Bonchev–Trinajstić information content (AvgIpc) is 3.29. The molecule has 0 bridgehead atoms. The first-order chi connectivity index (χ1) is 11.0. The standard InChI is InChI=1S/C18H18N4O/c1-11-4-3-7-20-16(11)13-8-12-9-15(18(5-6-18)17(19)23)21-10-14(12)22(13)2/h3-4,7-10H,5-6H2,1-2H3,(H2,19,23). The lowest BCUT2D eigenvalue weighted by atomic mass is 10.00. The fourth-order valence-corrected chi connectivity index (χ4v) is 3.23. The van der Waals surface area contributed by atoms with Crippen LogP contribution >= 0.6 is 0 Å². The van der Waals surface area contributed by atoms with Crippen LogP contribution in [0.4, 0.5) is 0 Å². The van der Waals surface area contributed by atoms with Crippen molar-refractivity contribution in [2.24, 2.45) is 12.8 Å². The number of pyridine rings is 2. The number of nitrogens with zero attached hydrogens (tertiary/aromatic N) is 3. The van der Waals surface area contributed by atoms with Gasteiger partial charge in [-0.25, -0.2) is 0 Å². The van der Waals surface area contributed by atoms with Crippen LogP contribution in [-0.2, 0) is 17.3 Å². The number of hydrogen-bond donors (Lipinski definition) is 1. The topological polar surface area (TPSA) is 73.8 Å². The molecular formula is C18H18N4O. The molecule has 1 aliphatic carbocycles. The Morgan fingerprint density at radius 3 is 2.74 bits per heavy atom. The van der Waals surface area contributed by atoms with E-state index in [0.29, 0.717) is 0 Å². The van der Waals surface area contributed by atoms with Gasteiger partial charge in [-0.05, 0) is 43.5 Å². The molecule has 2 N–H and O–H groups in total. The molecule has 4 rings (SSSR count). The Hall–Kier alpha value is -2.69. The first-order valence-corrected chi connectivity index (χ1v) is 7.71. The lowest BCUT2D eigenvalue weighted by Crippen LogP contribution is -2.29. The summed E-state index contributed by atoms with van der Waals surface area (Å²) in [6, 6.07) is 8.09. The number of amides is 1. The van der Waals surface area contributed by atoms with Gasteiger partial charge in [0.15, 0.2) is 0 Å². The third-order valence-electron chi connectivity index (χ3n) is 4.89. The molecule has 0 spiro atoms. The molecule has 1 fully saturated rings. The van der Waals surface area contributed by atoms with Crippen molar-refractivity contribution in [3.05, 3.63) is 47.9 Å². The molecule has 0 aliphatic heterocycles. The Balaban J connectivity index is 1.89. The van der Waals surface area contributed by atoms with E-state index < -0.39 is 5.41 Å². The molecule has 3 aromatic rings. The zero-order valence-corrected chi connectivity index (χ0v) is 13.2. The van der Waals surface area contributed by atoms with E-state index in [0.717, 1.165) is 46.4 Å². The van der Waals surface area contributed by atoms with Crippen LogP contribution in [0.15, 0.2) is 36.7 Å². The lowest BCUT2D eigenvalue weighted by molar-refractivity contribution is -0.120. The van der Waals surface area contributed by atoms with Crippen molar-refractivity contribution in [1.29, 1.82) is 0 Å². The molecule has 116 valence electrons. The first kappa shape index (κ1) is 13.9. The molecule has 0 radical (unpaired) electrons. The van der Waals surface area contributed by atoms with Crippen LogP contribution in [-0.4, -0.2) is 20.4 Å². The van der Waals surface area contributed by atoms with E-state index >= 15 is 0 Å². The monoisotopic (exact) mass is 306 g/mol. The van der Waals surface area contributed by atoms with Crippen molar-refractivity contribution in [2.75, 3.05) is 0 Å². The Morgan fingerprint density at radius 1 is 1.30 bits per heavy atom. The Labute approximate surface area is 134 Å². The minimum atomic E-state index is -0.550. The first-order valence-electron chi connectivity index (χ1n) is 7.71. The molecular weight excluding hydrogens is 288 g/mol. The van der Waals surface area contributed by atoms with Gasteiger partial charge in [0.05, 0.1) is 34.2 Å². The predicted octanol–water partition coefficient (Wildman–Crippen LogP) is 2.46. The van der Waals surface area contributed by atoms with E-state index in [9.17, 15) is 4.79 Å². The maximum atomic E-state index is 11.7. The van der Waals surface area contributed by atoms with Gasteiger partial charge in [0.1, 0.15) is 0 Å². The molecule has 1 saturated carbocycles. The number of primary amides is 1. The third kappa shape index (κ3) is 1.96. The van der Waals surface area contributed by atoms with E-state index in [1.165, 1.54) is 0 Å². The molecule has 5 heteroatoms. The molecule has 1 amide bonds. The van der Waals surface area contributed by atoms with E-state index in [1.54, 1.807) is 6.20 Å². The highest BCUT2D eigenvalue weighted by atomic mass is 16.1. The van der Waals surface area contributed by atoms with Crippen LogP contribution in [0.1, 0.15) is 24.1 Å². The van der Waals surface area contributed by atoms with E-state index in [-0.39, 0.29) is 5.91 Å². The van der Waals surface area contributed by atoms with Crippen molar-refractivity contribution < 1.29 is 4.79 Å². The van der Waals surface area contributed by atoms with Crippen molar-refractivity contribution in [1.82, 2.24) is 14.5 Å². The predicted molar refractivity (Wildman–Crippen MR) is 88.8 cm³/mol. The van der Waals surface area contributed by atoms with Gasteiger partial charge in [-0.15, -0.1) is 0 Å². The number of rotatable bonds is 3. The minimum Gasteiger partial charge on any atom is -0.369 e. The Kier molecular flexibility index (Phi) is 2.82. The average molecular weight is 306 g/mol. The zero-order chi connectivity index (χ0) is 16.2. The van der Waals surface area contributed by atoms with E-state index in [1.807, 2.05) is 25.4 Å². The number of fused-ring (bicyclic) bond motifs is 1. The molecule has 1 aliphatic rings. The summed E-state index contributed by atoms with van der Waals surface area (Å²) in [5.74, 6) is -0.277. The SMILES string of the molecule is Cc1cccnc1-c1cc2cc(C3(C(N)=O)CC3)ncc2n1C. The summed E-state index contributed by atoms with van der Waals surface area (Å²) < 4.78 is 2.09. The van der Waals surface area contributed by atoms with Crippen molar-refractivity contribution in [3.63, 3.8) is 0 Å². The number of aryl methyl sites for hydroxylation is 2. The third-order valence-corrected chi connectivity index (χ3v) is 4.89. The Morgan fingerprint density at radius 2 is 2.09 bits per heavy atom. The molecule has 3 aromatic heterocycles. The fraction of sp³-hybridized carbons (Fsp3) is 0.278. The van der Waals surface area contributed by atoms with Crippen molar-refractivity contribution in [2.45, 2.75) is 25.2 Å². The number of nitrogens with two attached hydrogens (primary N) is 1. The number of hydrogen-bond acceptors (Lipinski definition) is 3. The second kappa shape index (κ2) is 4.65. The van der Waals surface area contributed by atoms with Crippen LogP contribution in [0.5, 0.6) is 0 Å². The van der Waals surface area contributed by atoms with Gasteiger partial charge in [0.25, 0.3) is 0 Å². The van der Waals surface area contributed by atoms with Gasteiger partial charge in [-0.3, -0.25) is 14.8 Å². The molecule has 0 unspecified atom stereocenters. The zero-order valence-electron chi connectivity index (χ0n) is 13.2. The van der Waals surface area contributed by atoms with Crippen LogP contribution in [0.3, 0.4) is 0 Å². The second-order valence-corrected chi connectivity index (χ2v) is 6.33. The Bertz CT molecular complexity index is 937. The van der Waals surface area contributed by atoms with Gasteiger partial charge < -0.3 is 10.3 Å². The number of carbonyl (C=O) groups is 1. The molecule has 0 saturated heterocycles. The van der Waals surface area contributed by atoms with Crippen LogP contribution in [0, 0.1) is 6.92 Å². The summed E-state index contributed by atoms with van der Waals surface area (Å²) >= 11 is 0. The van der Waals surface area contributed by atoms with Crippen molar-refractivity contribution in [3.8, 4) is 11.4 Å². The quantitative estimate of drug-likeness (QED) is 0.807. The van der Waals surface area contributed by atoms with Crippen LogP contribution < -0.4 is 5.73 Å². The van der Waals surface area contributed by atoms with Gasteiger partial charge in [-0.1, -0.05) is 6.07 Å². The second-order valence-electron chi connectivity index (χ2n) is 6.33. The normalized spacial score (nSPS) is 15.7. The van der Waals surface area contributed by atoms with Gasteiger partial charge in [-0.2, -0.15) is 0 Å². The maximum Gasteiger partial charge on any atom is 0.229 e. The molecule has 0 atom stereocenters. The van der Waals surface area contributed by atoms with Gasteiger partial charge in [0.2, 0.25) is 5.91 Å². The fourth-order valence-electron chi connectivity index (χ4n) is 3.23. The van der Waals surface area contributed by atoms with Crippen LogP contribution in [0.2, 0.25) is 0 Å². The summed E-state index contributed by atoms with van der Waals surface area (Å²) in [6.45, 7) is 2.05. The van der Waals surface area contributed by atoms with E-state index in [2.05, 4.69) is 33.6 Å². The highest BCUT2D eigenvalue weighted by Crippen LogP contribution is 2.47.